The molecule has 1 unspecified atom stereocenters. The number of allylic oxidation sites excluding steroid dienone is 1. The summed E-state index contributed by atoms with van der Waals surface area (Å²) < 4.78 is 5.57. The van der Waals surface area contributed by atoms with Gasteiger partial charge >= 0.3 is 6.09 Å². The molecule has 10 heteroatoms. The molecule has 3 heterocycles. The van der Waals surface area contributed by atoms with Crippen LogP contribution in [0.4, 0.5) is 10.5 Å². The van der Waals surface area contributed by atoms with Crippen molar-refractivity contribution in [2.45, 2.75) is 57.6 Å². The number of carbonyl (C=O) groups is 2. The number of nitrogens with one attached hydrogen (secondary N) is 2. The number of pyridine rings is 1. The van der Waals surface area contributed by atoms with Crippen molar-refractivity contribution in [2.24, 2.45) is 28.9 Å². The van der Waals surface area contributed by atoms with E-state index in [0.29, 0.717) is 35.0 Å². The van der Waals surface area contributed by atoms with Crippen LogP contribution < -0.4 is 11.1 Å². The van der Waals surface area contributed by atoms with Crippen LogP contribution in [0.2, 0.25) is 5.02 Å². The molecule has 6 atom stereocenters. The molecule has 0 spiro atoms. The van der Waals surface area contributed by atoms with Crippen molar-refractivity contribution in [3.8, 4) is 0 Å². The van der Waals surface area contributed by atoms with Crippen molar-refractivity contribution in [3.63, 3.8) is 0 Å². The number of carbonyl (C=O) groups excluding carboxylic acids is 2. The summed E-state index contributed by atoms with van der Waals surface area (Å²) in [6.07, 6.45) is 7.36. The molecule has 2 aromatic rings. The number of primary amides is 1. The number of hydrogen-bond donors (Lipinski definition) is 3. The number of nitrogens with zero attached hydrogens (tertiary/aromatic N) is 3. The Labute approximate surface area is 208 Å². The van der Waals surface area contributed by atoms with Gasteiger partial charge in [-0.1, -0.05) is 30.7 Å². The number of anilines is 1. The topological polar surface area (TPSA) is 126 Å². The number of H-pyrrole nitrogens is 1. The molecule has 1 aliphatic heterocycles. The van der Waals surface area contributed by atoms with Crippen molar-refractivity contribution in [1.29, 1.82) is 0 Å². The molecule has 2 aromatic heterocycles. The molecule has 0 bridgehead atoms. The lowest BCUT2D eigenvalue weighted by atomic mass is 9.61. The first kappa shape index (κ1) is 22.6. The van der Waals surface area contributed by atoms with Crippen LogP contribution in [0.1, 0.15) is 52.3 Å². The van der Waals surface area contributed by atoms with Crippen molar-refractivity contribution in [3.05, 3.63) is 29.2 Å². The number of halogens is 1. The number of amides is 2. The monoisotopic (exact) mass is 498 g/mol. The van der Waals surface area contributed by atoms with Gasteiger partial charge in [0.05, 0.1) is 28.4 Å². The summed E-state index contributed by atoms with van der Waals surface area (Å²) in [6, 6.07) is 0. The second-order valence-electron chi connectivity index (χ2n) is 11.6. The van der Waals surface area contributed by atoms with E-state index in [9.17, 15) is 9.59 Å². The number of hydrogen-bond acceptors (Lipinski definition) is 6. The summed E-state index contributed by atoms with van der Waals surface area (Å²) >= 11 is 6.63. The Bertz CT molecular complexity index is 1280. The molecule has 35 heavy (non-hydrogen) atoms. The van der Waals surface area contributed by atoms with Gasteiger partial charge in [0.2, 0.25) is 5.91 Å². The fraction of sp³-hybridized carbons (Fsp3) is 0.600. The summed E-state index contributed by atoms with van der Waals surface area (Å²) in [5, 5.41) is 4.10. The Kier molecular flexibility index (Phi) is 4.61. The highest BCUT2D eigenvalue weighted by Gasteiger charge is 2.91. The van der Waals surface area contributed by atoms with Gasteiger partial charge in [-0.15, -0.1) is 0 Å². The average Bonchev–Trinajstić information content (AvgIpc) is 3.14. The Morgan fingerprint density at radius 2 is 2.11 bits per heavy atom. The van der Waals surface area contributed by atoms with Crippen LogP contribution >= 0.6 is 11.6 Å². The molecule has 4 aliphatic rings. The van der Waals surface area contributed by atoms with E-state index in [1.165, 1.54) is 0 Å². The first-order chi connectivity index (χ1) is 16.5. The standard InChI is InChI=1S/C25H31ClN6O3/c1-23(2,3)35-22(34)32-9-5-6-12(11-32)20-29-18-17(14(26)10-28-21(18)30-20)31-25-15-8-7-13(24(15,25)4)16(25)19(27)33/h7-8,10,12-13,15-16H,5-6,9,11H2,1-4H3,(H2,27,33)(H2,28,29,30,31)/t12?,13-,15-,16+,24+,25-/m0/s1. The van der Waals surface area contributed by atoms with Gasteiger partial charge in [-0.3, -0.25) is 4.79 Å². The van der Waals surface area contributed by atoms with Crippen LogP contribution in [0.25, 0.3) is 11.2 Å². The van der Waals surface area contributed by atoms with E-state index < -0.39 is 11.1 Å². The molecular weight excluding hydrogens is 468 g/mol. The lowest BCUT2D eigenvalue weighted by Crippen LogP contribution is -2.59. The van der Waals surface area contributed by atoms with Gasteiger partial charge in [0.25, 0.3) is 0 Å². The van der Waals surface area contributed by atoms with Crippen molar-refractivity contribution in [1.82, 2.24) is 19.9 Å². The molecular formula is C25H31ClN6O3. The molecule has 6 rings (SSSR count). The van der Waals surface area contributed by atoms with Gasteiger partial charge < -0.3 is 25.7 Å². The van der Waals surface area contributed by atoms with Crippen LogP contribution in [0, 0.1) is 23.2 Å². The number of rotatable bonds is 4. The minimum atomic E-state index is -0.541. The smallest absolute Gasteiger partial charge is 0.410 e. The summed E-state index contributed by atoms with van der Waals surface area (Å²) in [6.45, 7) is 8.98. The van der Waals surface area contributed by atoms with E-state index in [1.807, 2.05) is 20.8 Å². The summed E-state index contributed by atoms with van der Waals surface area (Å²) in [7, 11) is 0. The molecule has 3 fully saturated rings. The highest BCUT2D eigenvalue weighted by molar-refractivity contribution is 6.34. The maximum absolute atomic E-state index is 12.6. The molecule has 186 valence electrons. The third kappa shape index (κ3) is 3.00. The summed E-state index contributed by atoms with van der Waals surface area (Å²) in [4.78, 5) is 39.3. The molecule has 0 radical (unpaired) electrons. The fourth-order valence-corrected chi connectivity index (χ4v) is 7.19. The number of likely N-dealkylation sites (tertiary alicyclic amines) is 1. The number of piperidine rings is 1. The van der Waals surface area contributed by atoms with E-state index in [0.717, 1.165) is 18.7 Å². The Morgan fingerprint density at radius 3 is 2.80 bits per heavy atom. The fourth-order valence-electron chi connectivity index (χ4n) is 7.00. The summed E-state index contributed by atoms with van der Waals surface area (Å²) in [5.74, 6) is 0.630. The Hall–Kier alpha value is -2.81. The predicted octanol–water partition coefficient (Wildman–Crippen LogP) is 3.81. The zero-order chi connectivity index (χ0) is 24.9. The first-order valence-electron chi connectivity index (χ1n) is 12.2. The molecule has 3 aliphatic carbocycles. The van der Waals surface area contributed by atoms with E-state index in [-0.39, 0.29) is 41.1 Å². The van der Waals surface area contributed by atoms with E-state index in [2.05, 4.69) is 34.4 Å². The normalized spacial score (nSPS) is 34.9. The average molecular weight is 499 g/mol. The lowest BCUT2D eigenvalue weighted by molar-refractivity contribution is -0.128. The predicted molar refractivity (Wildman–Crippen MR) is 132 cm³/mol. The van der Waals surface area contributed by atoms with Gasteiger partial charge in [-0.25, -0.2) is 14.8 Å². The van der Waals surface area contributed by atoms with Crippen molar-refractivity contribution >= 4 is 40.5 Å². The first-order valence-corrected chi connectivity index (χ1v) is 12.6. The van der Waals surface area contributed by atoms with Crippen LogP contribution in [0.15, 0.2) is 18.3 Å². The molecule has 9 nitrogen and oxygen atoms in total. The second kappa shape index (κ2) is 7.12. The maximum atomic E-state index is 12.6. The number of imidazole rings is 1. The Morgan fingerprint density at radius 1 is 1.34 bits per heavy atom. The highest BCUT2D eigenvalue weighted by atomic mass is 35.5. The molecule has 4 N–H and O–H groups in total. The number of aromatic nitrogens is 3. The van der Waals surface area contributed by atoms with Crippen LogP contribution in [-0.2, 0) is 9.53 Å². The van der Waals surface area contributed by atoms with Gasteiger partial charge in [-0.05, 0) is 39.5 Å². The van der Waals surface area contributed by atoms with Crippen molar-refractivity contribution in [2.75, 3.05) is 18.4 Å². The zero-order valence-corrected chi connectivity index (χ0v) is 21.1. The van der Waals surface area contributed by atoms with Crippen LogP contribution in [0.3, 0.4) is 0 Å². The quantitative estimate of drug-likeness (QED) is 0.550. The maximum Gasteiger partial charge on any atom is 0.410 e. The van der Waals surface area contributed by atoms with Crippen molar-refractivity contribution < 1.29 is 14.3 Å². The largest absolute Gasteiger partial charge is 0.444 e. The second-order valence-corrected chi connectivity index (χ2v) is 12.0. The molecule has 0 aromatic carbocycles. The van der Waals surface area contributed by atoms with E-state index in [4.69, 9.17) is 27.1 Å². The number of ether oxygens (including phenoxy) is 1. The van der Waals surface area contributed by atoms with Crippen LogP contribution in [0.5, 0.6) is 0 Å². The van der Waals surface area contributed by atoms with E-state index in [1.54, 1.807) is 11.1 Å². The third-order valence-corrected chi connectivity index (χ3v) is 8.87. The molecule has 1 saturated heterocycles. The lowest BCUT2D eigenvalue weighted by Gasteiger charge is -2.48. The van der Waals surface area contributed by atoms with Gasteiger partial charge in [-0.2, -0.15) is 0 Å². The minimum Gasteiger partial charge on any atom is -0.444 e. The molecule has 2 saturated carbocycles. The van der Waals surface area contributed by atoms with Gasteiger partial charge in [0, 0.05) is 30.3 Å². The van der Waals surface area contributed by atoms with Gasteiger partial charge in [0.1, 0.15) is 16.9 Å². The summed E-state index contributed by atoms with van der Waals surface area (Å²) in [5.41, 5.74) is 6.76. The molecule has 2 amide bonds. The highest BCUT2D eigenvalue weighted by Crippen LogP contribution is 2.85. The van der Waals surface area contributed by atoms with Gasteiger partial charge in [0.15, 0.2) is 5.65 Å². The van der Waals surface area contributed by atoms with E-state index >= 15 is 0 Å². The SMILES string of the molecule is CC(C)(C)OC(=O)N1CCCC(c2nc3ncc(Cl)c(N[C@]45[C@@H](C(N)=O)[C@@H]6C=C[C@H]4[C@@]65C)c3[nH]2)C1. The Balaban J connectivity index is 1.29. The number of nitrogens with two attached hydrogens (primary N) is 1. The zero-order valence-electron chi connectivity index (χ0n) is 20.4. The number of aromatic amines is 1. The third-order valence-electron chi connectivity index (χ3n) is 8.59. The van der Waals surface area contributed by atoms with Crippen LogP contribution in [-0.4, -0.2) is 56.1 Å². The minimum absolute atomic E-state index is 0.0301. The number of fused-ring (bicyclic) bond motifs is 2.